The van der Waals surface area contributed by atoms with Gasteiger partial charge in [-0.25, -0.2) is 4.79 Å². The molecule has 0 radical (unpaired) electrons. The van der Waals surface area contributed by atoms with Crippen LogP contribution in [0.2, 0.25) is 0 Å². The number of hydrogen-bond donors (Lipinski definition) is 1. The van der Waals surface area contributed by atoms with E-state index in [0.29, 0.717) is 19.7 Å². The molecule has 0 spiro atoms. The van der Waals surface area contributed by atoms with E-state index in [1.165, 1.54) is 0 Å². The molecule has 90 valence electrons. The lowest BCUT2D eigenvalue weighted by Crippen LogP contribution is -2.24. The lowest BCUT2D eigenvalue weighted by molar-refractivity contribution is -0.136. The van der Waals surface area contributed by atoms with Crippen molar-refractivity contribution < 1.29 is 19.4 Å². The van der Waals surface area contributed by atoms with Crippen LogP contribution in [0, 0.1) is 0 Å². The van der Waals surface area contributed by atoms with Gasteiger partial charge in [-0.05, 0) is 11.1 Å². The number of hydrogen-bond acceptors (Lipinski definition) is 3. The van der Waals surface area contributed by atoms with Gasteiger partial charge in [-0.15, -0.1) is 0 Å². The largest absolute Gasteiger partial charge is 0.481 e. The van der Waals surface area contributed by atoms with Crippen LogP contribution in [0.15, 0.2) is 24.3 Å². The molecular formula is C12H13NO4. The quantitative estimate of drug-likeness (QED) is 0.853. The molecule has 1 N–H and O–H groups in total. The Balaban J connectivity index is 2.14. The summed E-state index contributed by atoms with van der Waals surface area (Å²) in [7, 11) is 0. The molecule has 1 heterocycles. The minimum absolute atomic E-state index is 0.0287. The van der Waals surface area contributed by atoms with Gasteiger partial charge in [0, 0.05) is 6.54 Å². The molecule has 5 heteroatoms. The lowest BCUT2D eigenvalue weighted by atomic mass is 10.0. The number of carboxylic acids is 1. The first-order chi connectivity index (χ1) is 8.16. The van der Waals surface area contributed by atoms with E-state index in [0.717, 1.165) is 11.1 Å². The highest BCUT2D eigenvalue weighted by Crippen LogP contribution is 2.15. The van der Waals surface area contributed by atoms with Crippen LogP contribution in [-0.2, 0) is 22.5 Å². The van der Waals surface area contributed by atoms with Gasteiger partial charge >= 0.3 is 12.1 Å². The van der Waals surface area contributed by atoms with Gasteiger partial charge in [-0.1, -0.05) is 24.3 Å². The third-order valence-electron chi connectivity index (χ3n) is 2.67. The van der Waals surface area contributed by atoms with Crippen molar-refractivity contribution in [3.63, 3.8) is 0 Å². The van der Waals surface area contributed by atoms with E-state index in [9.17, 15) is 9.59 Å². The second-order valence-electron chi connectivity index (χ2n) is 3.88. The van der Waals surface area contributed by atoms with Crippen molar-refractivity contribution in [2.75, 3.05) is 13.2 Å². The van der Waals surface area contributed by atoms with Crippen molar-refractivity contribution >= 4 is 12.1 Å². The summed E-state index contributed by atoms with van der Waals surface area (Å²) in [6.45, 7) is 1.36. The molecule has 2 rings (SSSR count). The van der Waals surface area contributed by atoms with Crippen molar-refractivity contribution in [2.24, 2.45) is 0 Å². The van der Waals surface area contributed by atoms with Gasteiger partial charge < -0.3 is 14.7 Å². The Morgan fingerprint density at radius 1 is 1.35 bits per heavy atom. The van der Waals surface area contributed by atoms with Crippen LogP contribution in [0.3, 0.4) is 0 Å². The minimum Gasteiger partial charge on any atom is -0.481 e. The average molecular weight is 235 g/mol. The zero-order valence-electron chi connectivity index (χ0n) is 9.26. The molecule has 0 atom stereocenters. The number of nitrogens with zero attached hydrogens (tertiary/aromatic N) is 1. The summed E-state index contributed by atoms with van der Waals surface area (Å²) in [5.74, 6) is -0.874. The summed E-state index contributed by atoms with van der Waals surface area (Å²) in [5.41, 5.74) is 1.59. The number of carbonyl (C=O) groups is 2. The average Bonchev–Trinajstić information content (AvgIpc) is 2.67. The van der Waals surface area contributed by atoms with Crippen LogP contribution in [0.1, 0.15) is 11.1 Å². The third-order valence-corrected chi connectivity index (χ3v) is 2.67. The summed E-state index contributed by atoms with van der Waals surface area (Å²) in [5, 5.41) is 8.80. The molecule has 0 aromatic heterocycles. The Hall–Kier alpha value is -2.04. The van der Waals surface area contributed by atoms with Crippen LogP contribution in [-0.4, -0.2) is 35.2 Å². The van der Waals surface area contributed by atoms with Gasteiger partial charge in [-0.2, -0.15) is 0 Å². The van der Waals surface area contributed by atoms with Gasteiger partial charge in [-0.3, -0.25) is 4.79 Å². The Kier molecular flexibility index (Phi) is 3.27. The molecule has 1 aliphatic heterocycles. The number of rotatable bonds is 4. The van der Waals surface area contributed by atoms with E-state index in [1.54, 1.807) is 17.0 Å². The second-order valence-corrected chi connectivity index (χ2v) is 3.88. The van der Waals surface area contributed by atoms with Crippen molar-refractivity contribution in [3.8, 4) is 0 Å². The zero-order valence-corrected chi connectivity index (χ0v) is 9.26. The molecule has 1 fully saturated rings. The summed E-state index contributed by atoms with van der Waals surface area (Å²) in [6, 6.07) is 7.24. The first-order valence-corrected chi connectivity index (χ1v) is 5.37. The molecule has 1 amide bonds. The van der Waals surface area contributed by atoms with Crippen LogP contribution < -0.4 is 0 Å². The number of benzene rings is 1. The van der Waals surface area contributed by atoms with Gasteiger partial charge in [0.25, 0.3) is 0 Å². The van der Waals surface area contributed by atoms with Crippen LogP contribution in [0.25, 0.3) is 0 Å². The first kappa shape index (κ1) is 11.4. The molecule has 17 heavy (non-hydrogen) atoms. The maximum atomic E-state index is 11.3. The third kappa shape index (κ3) is 2.75. The van der Waals surface area contributed by atoms with Crippen molar-refractivity contribution in [1.82, 2.24) is 4.90 Å². The summed E-state index contributed by atoms with van der Waals surface area (Å²) in [6.07, 6.45) is -0.367. The summed E-state index contributed by atoms with van der Waals surface area (Å²) >= 11 is 0. The second kappa shape index (κ2) is 4.86. The monoisotopic (exact) mass is 235 g/mol. The normalized spacial score (nSPS) is 14.8. The molecule has 5 nitrogen and oxygen atoms in total. The highest BCUT2D eigenvalue weighted by atomic mass is 16.6. The number of carbonyl (C=O) groups excluding carboxylic acids is 1. The van der Waals surface area contributed by atoms with Gasteiger partial charge in [0.1, 0.15) is 6.61 Å². The number of ether oxygens (including phenoxy) is 1. The molecule has 1 aromatic carbocycles. The van der Waals surface area contributed by atoms with E-state index >= 15 is 0 Å². The van der Waals surface area contributed by atoms with E-state index in [1.807, 2.05) is 12.1 Å². The Labute approximate surface area is 98.6 Å². The number of carboxylic acid groups (broad SMARTS) is 1. The fraction of sp³-hybridized carbons (Fsp3) is 0.333. The highest BCUT2D eigenvalue weighted by molar-refractivity contribution is 5.71. The Bertz CT molecular complexity index is 444. The van der Waals surface area contributed by atoms with Gasteiger partial charge in [0.2, 0.25) is 0 Å². The van der Waals surface area contributed by atoms with Gasteiger partial charge in [0.15, 0.2) is 0 Å². The number of amides is 1. The molecule has 1 aromatic rings. The maximum absolute atomic E-state index is 11.3. The first-order valence-electron chi connectivity index (χ1n) is 5.37. The lowest BCUT2D eigenvalue weighted by Gasteiger charge is -2.15. The van der Waals surface area contributed by atoms with Gasteiger partial charge in [0.05, 0.1) is 13.0 Å². The maximum Gasteiger partial charge on any atom is 0.410 e. The standard InChI is InChI=1S/C12H13NO4/c14-11(15)7-9-3-1-2-4-10(9)8-13-5-6-17-12(13)16/h1-4H,5-8H2,(H,14,15). The molecular weight excluding hydrogens is 222 g/mol. The molecule has 0 aliphatic carbocycles. The minimum atomic E-state index is -0.874. The fourth-order valence-electron chi connectivity index (χ4n) is 1.82. The predicted molar refractivity (Wildman–Crippen MR) is 59.5 cm³/mol. The molecule has 1 saturated heterocycles. The Morgan fingerprint density at radius 2 is 2.06 bits per heavy atom. The number of aliphatic carboxylic acids is 1. The van der Waals surface area contributed by atoms with Crippen molar-refractivity contribution in [1.29, 1.82) is 0 Å². The predicted octanol–water partition coefficient (Wildman–Crippen LogP) is 1.27. The SMILES string of the molecule is O=C(O)Cc1ccccc1CN1CCOC1=O. The molecule has 0 unspecified atom stereocenters. The fourth-order valence-corrected chi connectivity index (χ4v) is 1.82. The van der Waals surface area contributed by atoms with Crippen LogP contribution >= 0.6 is 0 Å². The van der Waals surface area contributed by atoms with Crippen LogP contribution in [0.4, 0.5) is 4.79 Å². The Morgan fingerprint density at radius 3 is 2.65 bits per heavy atom. The number of cyclic esters (lactones) is 1. The smallest absolute Gasteiger partial charge is 0.410 e. The molecule has 1 aliphatic rings. The van der Waals surface area contributed by atoms with E-state index in [4.69, 9.17) is 9.84 Å². The van der Waals surface area contributed by atoms with E-state index < -0.39 is 5.97 Å². The van der Waals surface area contributed by atoms with Crippen molar-refractivity contribution in [2.45, 2.75) is 13.0 Å². The zero-order chi connectivity index (χ0) is 12.3. The topological polar surface area (TPSA) is 66.8 Å². The van der Waals surface area contributed by atoms with E-state index in [-0.39, 0.29) is 12.5 Å². The van der Waals surface area contributed by atoms with E-state index in [2.05, 4.69) is 0 Å². The highest BCUT2D eigenvalue weighted by Gasteiger charge is 2.22. The summed E-state index contributed by atoms with van der Waals surface area (Å²) < 4.78 is 4.83. The molecule has 0 bridgehead atoms. The summed E-state index contributed by atoms with van der Waals surface area (Å²) in [4.78, 5) is 23.6. The van der Waals surface area contributed by atoms with Crippen molar-refractivity contribution in [3.05, 3.63) is 35.4 Å². The molecule has 0 saturated carbocycles. The van der Waals surface area contributed by atoms with Crippen LogP contribution in [0.5, 0.6) is 0 Å².